The molecule has 0 spiro atoms. The van der Waals surface area contributed by atoms with Crippen LogP contribution in [0.15, 0.2) is 17.8 Å². The summed E-state index contributed by atoms with van der Waals surface area (Å²) in [6.45, 7) is 2.16. The number of carbonyl (C=O) groups is 1. The molecule has 1 aliphatic heterocycles. The average molecular weight is 331 g/mol. The summed E-state index contributed by atoms with van der Waals surface area (Å²) in [5.41, 5.74) is 1.48. The van der Waals surface area contributed by atoms with Gasteiger partial charge in [-0.2, -0.15) is 5.10 Å². The lowest BCUT2D eigenvalue weighted by atomic mass is 9.85. The molecule has 7 heteroatoms. The molecular formula is C16H21N5OS. The van der Waals surface area contributed by atoms with E-state index < -0.39 is 0 Å². The second kappa shape index (κ2) is 5.96. The molecule has 1 aliphatic carbocycles. The maximum absolute atomic E-state index is 12.9. The predicted octanol–water partition coefficient (Wildman–Crippen LogP) is 3.72. The van der Waals surface area contributed by atoms with Gasteiger partial charge in [0.25, 0.3) is 0 Å². The largest absolute Gasteiger partial charge is 0.322 e. The van der Waals surface area contributed by atoms with Crippen LogP contribution in [0.1, 0.15) is 39.0 Å². The van der Waals surface area contributed by atoms with Gasteiger partial charge in [0, 0.05) is 23.7 Å². The number of likely N-dealkylation sites (tertiary alicyclic amines) is 1. The van der Waals surface area contributed by atoms with Crippen molar-refractivity contribution in [3.05, 3.63) is 17.8 Å². The quantitative estimate of drug-likeness (QED) is 0.881. The van der Waals surface area contributed by atoms with Crippen molar-refractivity contribution in [2.45, 2.75) is 51.1 Å². The van der Waals surface area contributed by atoms with Crippen molar-refractivity contribution in [1.82, 2.24) is 20.1 Å². The highest BCUT2D eigenvalue weighted by Gasteiger charge is 2.42. The standard InChI is InChI=1S/C16H21N5OS/c1-10-8-11-4-2-3-5-13(11)21(10)16(22)19-12-9-18-20-14(12)15-17-6-7-23-15/h6-7,9-11,13H,2-5,8H2,1H3,(H,18,20)(H,19,22). The molecule has 122 valence electrons. The lowest BCUT2D eigenvalue weighted by Gasteiger charge is -2.33. The molecule has 0 bridgehead atoms. The molecule has 0 radical (unpaired) electrons. The Morgan fingerprint density at radius 1 is 1.43 bits per heavy atom. The maximum Gasteiger partial charge on any atom is 0.322 e. The van der Waals surface area contributed by atoms with E-state index in [1.807, 2.05) is 5.38 Å². The van der Waals surface area contributed by atoms with Gasteiger partial charge < -0.3 is 10.2 Å². The van der Waals surface area contributed by atoms with Gasteiger partial charge in [0.15, 0.2) is 0 Å². The monoisotopic (exact) mass is 331 g/mol. The van der Waals surface area contributed by atoms with Crippen LogP contribution in [0.5, 0.6) is 0 Å². The first-order valence-electron chi connectivity index (χ1n) is 8.26. The van der Waals surface area contributed by atoms with E-state index in [0.29, 0.717) is 23.7 Å². The topological polar surface area (TPSA) is 73.9 Å². The number of nitrogens with zero attached hydrogens (tertiary/aromatic N) is 3. The summed E-state index contributed by atoms with van der Waals surface area (Å²) in [6.07, 6.45) is 9.47. The Morgan fingerprint density at radius 2 is 2.30 bits per heavy atom. The zero-order chi connectivity index (χ0) is 15.8. The van der Waals surface area contributed by atoms with Crippen LogP contribution in [0, 0.1) is 5.92 Å². The number of hydrogen-bond donors (Lipinski definition) is 2. The molecule has 1 saturated heterocycles. The second-order valence-corrected chi connectivity index (χ2v) is 7.42. The molecule has 2 fully saturated rings. The number of anilines is 1. The number of aromatic nitrogens is 3. The van der Waals surface area contributed by atoms with E-state index in [0.717, 1.165) is 23.5 Å². The Kier molecular flexibility index (Phi) is 3.80. The third kappa shape index (κ3) is 2.63. The second-order valence-electron chi connectivity index (χ2n) is 6.53. The summed E-state index contributed by atoms with van der Waals surface area (Å²) in [4.78, 5) is 19.2. The highest BCUT2D eigenvalue weighted by Crippen LogP contribution is 2.40. The zero-order valence-electron chi connectivity index (χ0n) is 13.2. The number of fused-ring (bicyclic) bond motifs is 1. The minimum atomic E-state index is -0.00824. The number of nitrogens with one attached hydrogen (secondary N) is 2. The smallest absolute Gasteiger partial charge is 0.319 e. The van der Waals surface area contributed by atoms with E-state index in [1.165, 1.54) is 30.6 Å². The Labute approximate surface area is 139 Å². The minimum Gasteiger partial charge on any atom is -0.319 e. The van der Waals surface area contributed by atoms with Gasteiger partial charge in [-0.25, -0.2) is 9.78 Å². The van der Waals surface area contributed by atoms with Crippen LogP contribution in [-0.2, 0) is 0 Å². The SMILES string of the molecule is CC1CC2CCCCC2N1C(=O)Nc1cn[nH]c1-c1nccs1. The molecule has 2 aromatic heterocycles. The van der Waals surface area contributed by atoms with Crippen LogP contribution in [0.3, 0.4) is 0 Å². The van der Waals surface area contributed by atoms with Gasteiger partial charge >= 0.3 is 6.03 Å². The molecule has 4 rings (SSSR count). The summed E-state index contributed by atoms with van der Waals surface area (Å²) < 4.78 is 0. The van der Waals surface area contributed by atoms with Crippen LogP contribution < -0.4 is 5.32 Å². The lowest BCUT2D eigenvalue weighted by Crippen LogP contribution is -2.44. The van der Waals surface area contributed by atoms with Crippen LogP contribution >= 0.6 is 11.3 Å². The number of urea groups is 1. The van der Waals surface area contributed by atoms with Crippen molar-refractivity contribution in [1.29, 1.82) is 0 Å². The third-order valence-corrected chi connectivity index (χ3v) is 5.90. The van der Waals surface area contributed by atoms with Gasteiger partial charge in [0.1, 0.15) is 10.7 Å². The van der Waals surface area contributed by atoms with Gasteiger partial charge in [-0.3, -0.25) is 5.10 Å². The maximum atomic E-state index is 12.9. The lowest BCUT2D eigenvalue weighted by molar-refractivity contribution is 0.168. The Bertz CT molecular complexity index is 682. The summed E-state index contributed by atoms with van der Waals surface area (Å²) in [6, 6.07) is 0.693. The van der Waals surface area contributed by atoms with E-state index in [4.69, 9.17) is 0 Å². The fourth-order valence-corrected chi connectivity index (χ4v) is 4.77. The number of thiazole rings is 1. The molecule has 2 amide bonds. The molecule has 3 atom stereocenters. The van der Waals surface area contributed by atoms with Gasteiger partial charge in [-0.15, -0.1) is 11.3 Å². The van der Waals surface area contributed by atoms with Crippen LogP contribution in [0.4, 0.5) is 10.5 Å². The highest BCUT2D eigenvalue weighted by molar-refractivity contribution is 7.13. The van der Waals surface area contributed by atoms with E-state index in [9.17, 15) is 4.79 Å². The number of amides is 2. The first kappa shape index (κ1) is 14.7. The van der Waals surface area contributed by atoms with Gasteiger partial charge in [-0.1, -0.05) is 12.8 Å². The van der Waals surface area contributed by atoms with Crippen LogP contribution in [-0.4, -0.2) is 38.2 Å². The van der Waals surface area contributed by atoms with E-state index in [2.05, 4.69) is 32.3 Å². The first-order valence-corrected chi connectivity index (χ1v) is 9.14. The van der Waals surface area contributed by atoms with Gasteiger partial charge in [-0.05, 0) is 32.1 Å². The van der Waals surface area contributed by atoms with Gasteiger partial charge in [0.2, 0.25) is 0 Å². The Balaban J connectivity index is 1.53. The summed E-state index contributed by atoms with van der Waals surface area (Å²) in [7, 11) is 0. The van der Waals surface area contributed by atoms with Crippen LogP contribution in [0.25, 0.3) is 10.7 Å². The normalized spacial score (nSPS) is 27.0. The molecule has 23 heavy (non-hydrogen) atoms. The van der Waals surface area contributed by atoms with Crippen molar-refractivity contribution in [3.63, 3.8) is 0 Å². The van der Waals surface area contributed by atoms with Crippen LogP contribution in [0.2, 0.25) is 0 Å². The molecule has 6 nitrogen and oxygen atoms in total. The van der Waals surface area contributed by atoms with Crippen molar-refractivity contribution in [2.75, 3.05) is 5.32 Å². The number of aromatic amines is 1. The molecule has 3 unspecified atom stereocenters. The summed E-state index contributed by atoms with van der Waals surface area (Å²) in [5, 5.41) is 12.8. The van der Waals surface area contributed by atoms with E-state index in [1.54, 1.807) is 12.4 Å². The molecule has 2 aliphatic rings. The first-order chi connectivity index (χ1) is 11.2. The average Bonchev–Trinajstić information content (AvgIpc) is 3.24. The molecule has 2 N–H and O–H groups in total. The van der Waals surface area contributed by atoms with Gasteiger partial charge in [0.05, 0.1) is 11.9 Å². The van der Waals surface area contributed by atoms with Crippen molar-refractivity contribution < 1.29 is 4.79 Å². The minimum absolute atomic E-state index is 0.00824. The van der Waals surface area contributed by atoms with E-state index in [-0.39, 0.29) is 6.03 Å². The molecule has 1 saturated carbocycles. The summed E-state index contributed by atoms with van der Waals surface area (Å²) >= 11 is 1.53. The summed E-state index contributed by atoms with van der Waals surface area (Å²) in [5.74, 6) is 0.673. The number of carbonyl (C=O) groups excluding carboxylic acids is 1. The predicted molar refractivity (Wildman–Crippen MR) is 90.4 cm³/mol. The molecule has 3 heterocycles. The Hall–Kier alpha value is -1.89. The number of H-pyrrole nitrogens is 1. The van der Waals surface area contributed by atoms with Crippen molar-refractivity contribution in [3.8, 4) is 10.7 Å². The van der Waals surface area contributed by atoms with E-state index >= 15 is 0 Å². The fraction of sp³-hybridized carbons (Fsp3) is 0.562. The number of rotatable bonds is 2. The third-order valence-electron chi connectivity index (χ3n) is 5.11. The molecular weight excluding hydrogens is 310 g/mol. The molecule has 2 aromatic rings. The Morgan fingerprint density at radius 3 is 3.13 bits per heavy atom. The van der Waals surface area contributed by atoms with Crippen molar-refractivity contribution in [2.24, 2.45) is 5.92 Å². The van der Waals surface area contributed by atoms with Crippen molar-refractivity contribution >= 4 is 23.1 Å². The highest BCUT2D eigenvalue weighted by atomic mass is 32.1. The molecule has 0 aromatic carbocycles. The fourth-order valence-electron chi connectivity index (χ4n) is 4.13. The zero-order valence-corrected chi connectivity index (χ0v) is 14.0. The number of hydrogen-bond acceptors (Lipinski definition) is 4.